The lowest BCUT2D eigenvalue weighted by Crippen LogP contribution is -2.24. The molecule has 2 aromatic rings. The number of hydrogen-bond acceptors (Lipinski definition) is 6. The lowest BCUT2D eigenvalue weighted by molar-refractivity contribution is -0.402. The molecule has 0 N–H and O–H groups in total. The number of rotatable bonds is 3. The minimum absolute atomic E-state index is 0.104. The molecule has 0 spiro atoms. The third-order valence-corrected chi connectivity index (χ3v) is 3.31. The fourth-order valence-corrected chi connectivity index (χ4v) is 2.25. The Bertz CT molecular complexity index is 816. The second-order valence-corrected chi connectivity index (χ2v) is 5.12. The number of ether oxygens (including phenoxy) is 1. The summed E-state index contributed by atoms with van der Waals surface area (Å²) >= 11 is 5.93. The van der Waals surface area contributed by atoms with Crippen molar-refractivity contribution >= 4 is 29.3 Å². The van der Waals surface area contributed by atoms with Gasteiger partial charge in [0.2, 0.25) is 11.8 Å². The zero-order chi connectivity index (χ0) is 16.6. The Morgan fingerprint density at radius 2 is 2.17 bits per heavy atom. The number of hydrogen-bond donors (Lipinski definition) is 0. The summed E-state index contributed by atoms with van der Waals surface area (Å²) in [6.07, 6.45) is -1.00. The number of halogens is 1. The van der Waals surface area contributed by atoms with E-state index in [-0.39, 0.29) is 11.7 Å². The quantitative estimate of drug-likeness (QED) is 0.634. The highest BCUT2D eigenvalue weighted by Crippen LogP contribution is 2.33. The van der Waals surface area contributed by atoms with E-state index in [0.29, 0.717) is 10.6 Å². The van der Waals surface area contributed by atoms with Crippen LogP contribution in [-0.2, 0) is 9.53 Å². The van der Waals surface area contributed by atoms with E-state index in [4.69, 9.17) is 20.8 Å². The van der Waals surface area contributed by atoms with Gasteiger partial charge in [-0.3, -0.25) is 14.9 Å². The van der Waals surface area contributed by atoms with Crippen LogP contribution in [0.1, 0.15) is 24.5 Å². The fraction of sp³-hybridized carbons (Fsp3) is 0.143. The number of furan rings is 1. The molecule has 9 heteroatoms. The molecule has 0 aliphatic carbocycles. The zero-order valence-electron chi connectivity index (χ0n) is 11.8. The Balaban J connectivity index is 1.93. The molecule has 1 aromatic heterocycles. The third-order valence-electron chi connectivity index (χ3n) is 3.07. The van der Waals surface area contributed by atoms with E-state index in [0.717, 1.165) is 5.01 Å². The van der Waals surface area contributed by atoms with Gasteiger partial charge in [0.15, 0.2) is 5.76 Å². The number of benzene rings is 1. The van der Waals surface area contributed by atoms with Crippen molar-refractivity contribution < 1.29 is 18.9 Å². The minimum Gasteiger partial charge on any atom is -0.442 e. The molecule has 1 aromatic carbocycles. The molecule has 118 valence electrons. The average Bonchev–Trinajstić information content (AvgIpc) is 3.14. The molecular weight excluding hydrogens is 326 g/mol. The lowest BCUT2D eigenvalue weighted by atomic mass is 10.2. The maximum absolute atomic E-state index is 11.8. The van der Waals surface area contributed by atoms with Gasteiger partial charge >= 0.3 is 5.88 Å². The Kier molecular flexibility index (Phi) is 3.75. The van der Waals surface area contributed by atoms with Crippen LogP contribution in [0.25, 0.3) is 0 Å². The summed E-state index contributed by atoms with van der Waals surface area (Å²) < 4.78 is 10.7. The van der Waals surface area contributed by atoms with Crippen molar-refractivity contribution in [3.8, 4) is 0 Å². The maximum atomic E-state index is 11.8. The predicted octanol–water partition coefficient (Wildman–Crippen LogP) is 3.08. The molecule has 1 unspecified atom stereocenters. The van der Waals surface area contributed by atoms with E-state index in [1.54, 1.807) is 24.3 Å². The molecule has 1 amide bonds. The molecule has 8 nitrogen and oxygen atoms in total. The van der Waals surface area contributed by atoms with Crippen LogP contribution in [0.3, 0.4) is 0 Å². The molecule has 3 rings (SSSR count). The van der Waals surface area contributed by atoms with Gasteiger partial charge in [-0.15, -0.1) is 5.10 Å². The normalized spacial score (nSPS) is 16.9. The van der Waals surface area contributed by atoms with Gasteiger partial charge < -0.3 is 9.15 Å². The molecule has 1 aliphatic heterocycles. The minimum atomic E-state index is -1.00. The van der Waals surface area contributed by atoms with Crippen molar-refractivity contribution in [1.29, 1.82) is 0 Å². The summed E-state index contributed by atoms with van der Waals surface area (Å²) in [6.45, 7) is 1.30. The van der Waals surface area contributed by atoms with Gasteiger partial charge in [0, 0.05) is 17.5 Å². The second-order valence-electron chi connectivity index (χ2n) is 4.68. The first kappa shape index (κ1) is 15.0. The van der Waals surface area contributed by atoms with E-state index in [9.17, 15) is 14.9 Å². The first-order chi connectivity index (χ1) is 11.0. The van der Waals surface area contributed by atoms with Gasteiger partial charge in [-0.05, 0) is 24.3 Å². The molecule has 0 bridgehead atoms. The average molecular weight is 336 g/mol. The summed E-state index contributed by atoms with van der Waals surface area (Å²) in [5, 5.41) is 16.4. The van der Waals surface area contributed by atoms with Crippen LogP contribution >= 0.6 is 11.6 Å². The zero-order valence-corrected chi connectivity index (χ0v) is 12.6. The Hall–Kier alpha value is -2.87. The summed E-state index contributed by atoms with van der Waals surface area (Å²) in [4.78, 5) is 21.8. The summed E-state index contributed by atoms with van der Waals surface area (Å²) in [6, 6.07) is 9.31. The molecule has 1 atom stereocenters. The van der Waals surface area contributed by atoms with Gasteiger partial charge in [-0.2, -0.15) is 5.01 Å². The number of nitro groups is 1. The van der Waals surface area contributed by atoms with Crippen molar-refractivity contribution in [1.82, 2.24) is 5.01 Å². The standard InChI is InChI=1S/C14H10ClN3O5/c1-8(19)17-14(11-5-6-12(22-11)18(20)21)23-13(16-17)9-3-2-4-10(15)7-9/h2-7,14H,1H3. The first-order valence-corrected chi connectivity index (χ1v) is 6.88. The van der Waals surface area contributed by atoms with Crippen LogP contribution in [0.4, 0.5) is 5.88 Å². The van der Waals surface area contributed by atoms with Gasteiger partial charge in [0.25, 0.3) is 6.23 Å². The second kappa shape index (κ2) is 5.73. The number of carbonyl (C=O) groups excluding carboxylic acids is 1. The van der Waals surface area contributed by atoms with Crippen molar-refractivity contribution in [2.24, 2.45) is 5.10 Å². The van der Waals surface area contributed by atoms with E-state index in [1.807, 2.05) is 0 Å². The Morgan fingerprint density at radius 3 is 2.78 bits per heavy atom. The molecule has 0 radical (unpaired) electrons. The molecule has 23 heavy (non-hydrogen) atoms. The van der Waals surface area contributed by atoms with Crippen LogP contribution < -0.4 is 0 Å². The van der Waals surface area contributed by atoms with Gasteiger partial charge in [0.1, 0.15) is 4.92 Å². The van der Waals surface area contributed by atoms with Gasteiger partial charge in [-0.25, -0.2) is 0 Å². The third kappa shape index (κ3) is 2.88. The molecular formula is C14H10ClN3O5. The van der Waals surface area contributed by atoms with Crippen LogP contribution in [0.5, 0.6) is 0 Å². The van der Waals surface area contributed by atoms with Crippen molar-refractivity contribution in [3.05, 3.63) is 62.9 Å². The van der Waals surface area contributed by atoms with Crippen molar-refractivity contribution in [3.63, 3.8) is 0 Å². The maximum Gasteiger partial charge on any atom is 0.433 e. The van der Waals surface area contributed by atoms with Crippen molar-refractivity contribution in [2.45, 2.75) is 13.2 Å². The number of hydrazone groups is 1. The van der Waals surface area contributed by atoms with Crippen LogP contribution in [-0.4, -0.2) is 21.7 Å². The summed E-state index contributed by atoms with van der Waals surface area (Å²) in [5.41, 5.74) is 0.576. The summed E-state index contributed by atoms with van der Waals surface area (Å²) in [5.74, 6) is -0.561. The monoisotopic (exact) mass is 335 g/mol. The van der Waals surface area contributed by atoms with E-state index >= 15 is 0 Å². The van der Waals surface area contributed by atoms with Crippen LogP contribution in [0.15, 0.2) is 45.9 Å². The topological polar surface area (TPSA) is 98.2 Å². The molecule has 2 heterocycles. The highest BCUT2D eigenvalue weighted by molar-refractivity contribution is 6.31. The summed E-state index contributed by atoms with van der Waals surface area (Å²) in [7, 11) is 0. The first-order valence-electron chi connectivity index (χ1n) is 6.51. The molecule has 0 saturated carbocycles. The molecule has 1 aliphatic rings. The Labute approximate surface area is 135 Å². The molecule has 0 fully saturated rings. The highest BCUT2D eigenvalue weighted by Gasteiger charge is 2.36. The van der Waals surface area contributed by atoms with E-state index in [2.05, 4.69) is 5.10 Å². The van der Waals surface area contributed by atoms with Gasteiger partial charge in [0.05, 0.1) is 6.07 Å². The lowest BCUT2D eigenvalue weighted by Gasteiger charge is -2.16. The number of nitrogens with zero attached hydrogens (tertiary/aromatic N) is 3. The molecule has 0 saturated heterocycles. The van der Waals surface area contributed by atoms with Gasteiger partial charge in [-0.1, -0.05) is 17.7 Å². The van der Waals surface area contributed by atoms with Crippen LogP contribution in [0, 0.1) is 10.1 Å². The smallest absolute Gasteiger partial charge is 0.433 e. The fourth-order valence-electron chi connectivity index (χ4n) is 2.06. The van der Waals surface area contributed by atoms with E-state index < -0.39 is 22.9 Å². The Morgan fingerprint density at radius 1 is 1.39 bits per heavy atom. The number of amides is 1. The van der Waals surface area contributed by atoms with E-state index in [1.165, 1.54) is 19.1 Å². The SMILES string of the molecule is CC(=O)N1N=C(c2cccc(Cl)c2)OC1c1ccc([N+](=O)[O-])o1. The van der Waals surface area contributed by atoms with Crippen LogP contribution in [0.2, 0.25) is 5.02 Å². The predicted molar refractivity (Wildman–Crippen MR) is 79.7 cm³/mol. The van der Waals surface area contributed by atoms with Crippen molar-refractivity contribution in [2.75, 3.05) is 0 Å². The largest absolute Gasteiger partial charge is 0.442 e. The number of carbonyl (C=O) groups is 1. The highest BCUT2D eigenvalue weighted by atomic mass is 35.5.